The van der Waals surface area contributed by atoms with Crippen molar-refractivity contribution >= 4 is 11.6 Å². The summed E-state index contributed by atoms with van der Waals surface area (Å²) in [5, 5.41) is 0.331. The molecule has 0 aliphatic rings. The van der Waals surface area contributed by atoms with E-state index in [-0.39, 0.29) is 0 Å². The fourth-order valence-corrected chi connectivity index (χ4v) is 0.548. The van der Waals surface area contributed by atoms with Gasteiger partial charge in [-0.3, -0.25) is 0 Å². The Morgan fingerprint density at radius 3 is 2.75 bits per heavy atom. The van der Waals surface area contributed by atoms with E-state index in [1.54, 1.807) is 6.07 Å². The van der Waals surface area contributed by atoms with Crippen LogP contribution in [0, 0.1) is 12.3 Å². The van der Waals surface area contributed by atoms with Gasteiger partial charge in [0.15, 0.2) is 5.22 Å². The summed E-state index contributed by atoms with van der Waals surface area (Å²) < 4.78 is 4.68. The van der Waals surface area contributed by atoms with Crippen LogP contribution >= 0.6 is 11.6 Å². The number of terminal acetylenes is 1. The number of furan rings is 1. The van der Waals surface area contributed by atoms with Crippen LogP contribution in [0.3, 0.4) is 0 Å². The molecule has 1 aromatic rings. The first-order valence-electron chi connectivity index (χ1n) is 2.03. The lowest BCUT2D eigenvalue weighted by Crippen LogP contribution is -1.55. The molecule has 0 atom stereocenters. The Labute approximate surface area is 52.3 Å². The van der Waals surface area contributed by atoms with Crippen molar-refractivity contribution in [2.75, 3.05) is 0 Å². The zero-order chi connectivity index (χ0) is 5.98. The van der Waals surface area contributed by atoms with E-state index < -0.39 is 0 Å². The second kappa shape index (κ2) is 1.94. The van der Waals surface area contributed by atoms with Crippen LogP contribution < -0.4 is 0 Å². The van der Waals surface area contributed by atoms with E-state index in [2.05, 4.69) is 10.3 Å². The quantitative estimate of drug-likeness (QED) is 0.484. The molecule has 1 nitrogen and oxygen atoms in total. The van der Waals surface area contributed by atoms with Crippen LogP contribution in [0.5, 0.6) is 0 Å². The molecule has 0 radical (unpaired) electrons. The third-order valence-electron chi connectivity index (χ3n) is 0.734. The Hall–Kier alpha value is -0.870. The first kappa shape index (κ1) is 5.27. The Kier molecular flexibility index (Phi) is 1.27. The Bertz CT molecular complexity index is 219. The van der Waals surface area contributed by atoms with Crippen molar-refractivity contribution in [3.8, 4) is 12.3 Å². The molecule has 0 aliphatic carbocycles. The van der Waals surface area contributed by atoms with E-state index in [0.29, 0.717) is 10.8 Å². The predicted octanol–water partition coefficient (Wildman–Crippen LogP) is 1.91. The molecule has 0 aliphatic heterocycles. The van der Waals surface area contributed by atoms with Gasteiger partial charge in [-0.15, -0.1) is 6.42 Å². The monoisotopic (exact) mass is 126 g/mol. The van der Waals surface area contributed by atoms with Crippen molar-refractivity contribution in [2.45, 2.75) is 0 Å². The van der Waals surface area contributed by atoms with Crippen LogP contribution in [-0.2, 0) is 0 Å². The lowest BCUT2D eigenvalue weighted by Gasteiger charge is -1.65. The standard InChI is InChI=1S/C6H3ClO/c1-2-5-3-6(7)8-4-5/h1,3-4H. The summed E-state index contributed by atoms with van der Waals surface area (Å²) >= 11 is 5.38. The zero-order valence-electron chi connectivity index (χ0n) is 4.02. The largest absolute Gasteiger partial charge is 0.452 e. The average molecular weight is 127 g/mol. The van der Waals surface area contributed by atoms with Gasteiger partial charge < -0.3 is 4.42 Å². The van der Waals surface area contributed by atoms with Crippen molar-refractivity contribution in [2.24, 2.45) is 0 Å². The van der Waals surface area contributed by atoms with Crippen LogP contribution in [0.25, 0.3) is 0 Å². The fraction of sp³-hybridized carbons (Fsp3) is 0. The van der Waals surface area contributed by atoms with Crippen LogP contribution in [0.2, 0.25) is 5.22 Å². The van der Waals surface area contributed by atoms with Crippen LogP contribution in [0.1, 0.15) is 5.56 Å². The van der Waals surface area contributed by atoms with Gasteiger partial charge in [0.1, 0.15) is 6.26 Å². The Morgan fingerprint density at radius 2 is 2.50 bits per heavy atom. The lowest BCUT2D eigenvalue weighted by atomic mass is 10.4. The first-order chi connectivity index (χ1) is 3.83. The van der Waals surface area contributed by atoms with E-state index in [0.717, 1.165) is 0 Å². The molecule has 0 N–H and O–H groups in total. The highest BCUT2D eigenvalue weighted by molar-refractivity contribution is 6.28. The predicted molar refractivity (Wildman–Crippen MR) is 31.7 cm³/mol. The molecule has 1 heterocycles. The van der Waals surface area contributed by atoms with Crippen molar-refractivity contribution in [3.05, 3.63) is 23.1 Å². The van der Waals surface area contributed by atoms with Crippen molar-refractivity contribution in [3.63, 3.8) is 0 Å². The van der Waals surface area contributed by atoms with Crippen LogP contribution in [0.4, 0.5) is 0 Å². The maximum absolute atomic E-state index is 5.38. The minimum Gasteiger partial charge on any atom is -0.452 e. The minimum atomic E-state index is 0.331. The molecule has 0 aromatic carbocycles. The molecule has 0 amide bonds. The summed E-state index contributed by atoms with van der Waals surface area (Å²) in [6.07, 6.45) is 6.43. The Morgan fingerprint density at radius 1 is 1.75 bits per heavy atom. The maximum atomic E-state index is 5.38. The summed E-state index contributed by atoms with van der Waals surface area (Å²) in [5.74, 6) is 2.37. The average Bonchev–Trinajstić information content (AvgIpc) is 2.14. The highest BCUT2D eigenvalue weighted by atomic mass is 35.5. The van der Waals surface area contributed by atoms with E-state index in [1.807, 2.05) is 0 Å². The van der Waals surface area contributed by atoms with Crippen LogP contribution in [0.15, 0.2) is 16.7 Å². The zero-order valence-corrected chi connectivity index (χ0v) is 4.77. The molecule has 40 valence electrons. The van der Waals surface area contributed by atoms with E-state index >= 15 is 0 Å². The summed E-state index contributed by atoms with van der Waals surface area (Å²) in [6, 6.07) is 1.58. The lowest BCUT2D eigenvalue weighted by molar-refractivity contribution is 0.568. The summed E-state index contributed by atoms with van der Waals surface area (Å²) in [6.45, 7) is 0. The van der Waals surface area contributed by atoms with Gasteiger partial charge in [0.2, 0.25) is 0 Å². The molecule has 0 fully saturated rings. The molecule has 0 unspecified atom stereocenters. The molecule has 8 heavy (non-hydrogen) atoms. The number of rotatable bonds is 0. The number of hydrogen-bond donors (Lipinski definition) is 0. The van der Waals surface area contributed by atoms with Gasteiger partial charge in [-0.25, -0.2) is 0 Å². The highest BCUT2D eigenvalue weighted by Gasteiger charge is 1.91. The number of hydrogen-bond acceptors (Lipinski definition) is 1. The van der Waals surface area contributed by atoms with Gasteiger partial charge in [0.05, 0.1) is 5.56 Å². The molecule has 0 spiro atoms. The minimum absolute atomic E-state index is 0.331. The van der Waals surface area contributed by atoms with E-state index in [1.165, 1.54) is 6.26 Å². The molecule has 1 rings (SSSR count). The molecule has 0 saturated heterocycles. The molecule has 0 saturated carbocycles. The smallest absolute Gasteiger partial charge is 0.194 e. The maximum Gasteiger partial charge on any atom is 0.194 e. The van der Waals surface area contributed by atoms with Gasteiger partial charge in [0.25, 0.3) is 0 Å². The second-order valence-electron chi connectivity index (χ2n) is 1.28. The fourth-order valence-electron chi connectivity index (χ4n) is 0.386. The third kappa shape index (κ3) is 0.853. The third-order valence-corrected chi connectivity index (χ3v) is 0.932. The molecule has 1 aromatic heterocycles. The second-order valence-corrected chi connectivity index (χ2v) is 1.66. The molecular weight excluding hydrogens is 124 g/mol. The van der Waals surface area contributed by atoms with E-state index in [9.17, 15) is 0 Å². The van der Waals surface area contributed by atoms with Crippen molar-refractivity contribution in [1.82, 2.24) is 0 Å². The first-order valence-corrected chi connectivity index (χ1v) is 2.41. The molecule has 2 heteroatoms. The topological polar surface area (TPSA) is 13.1 Å². The van der Waals surface area contributed by atoms with E-state index in [4.69, 9.17) is 18.0 Å². The summed E-state index contributed by atoms with van der Waals surface area (Å²) in [7, 11) is 0. The van der Waals surface area contributed by atoms with Gasteiger partial charge in [0, 0.05) is 6.07 Å². The molecular formula is C6H3ClO. The molecule has 0 bridgehead atoms. The Balaban J connectivity index is 3.05. The van der Waals surface area contributed by atoms with Gasteiger partial charge in [-0.05, 0) is 11.6 Å². The van der Waals surface area contributed by atoms with Crippen LogP contribution in [-0.4, -0.2) is 0 Å². The normalized spacial score (nSPS) is 8.50. The van der Waals surface area contributed by atoms with Gasteiger partial charge >= 0.3 is 0 Å². The van der Waals surface area contributed by atoms with Crippen molar-refractivity contribution < 1.29 is 4.42 Å². The van der Waals surface area contributed by atoms with Gasteiger partial charge in [-0.1, -0.05) is 5.92 Å². The van der Waals surface area contributed by atoms with Crippen molar-refractivity contribution in [1.29, 1.82) is 0 Å². The summed E-state index contributed by atoms with van der Waals surface area (Å²) in [4.78, 5) is 0. The highest BCUT2D eigenvalue weighted by Crippen LogP contribution is 2.10. The van der Waals surface area contributed by atoms with Gasteiger partial charge in [-0.2, -0.15) is 0 Å². The summed E-state index contributed by atoms with van der Waals surface area (Å²) in [5.41, 5.74) is 0.676. The SMILES string of the molecule is C#Cc1coc(Cl)c1. The number of halogens is 1.